The number of thioether (sulfide) groups is 1. The number of aromatic nitrogens is 1. The fraction of sp³-hybridized carbons (Fsp3) is 0.136. The minimum Gasteiger partial charge on any atom is -0.480 e. The Morgan fingerprint density at radius 2 is 1.78 bits per heavy atom. The van der Waals surface area contributed by atoms with Gasteiger partial charge in [-0.1, -0.05) is 71.9 Å². The first-order chi connectivity index (χ1) is 13.0. The van der Waals surface area contributed by atoms with Gasteiger partial charge < -0.3 is 5.11 Å². The van der Waals surface area contributed by atoms with Gasteiger partial charge in [0.25, 0.3) is 0 Å². The van der Waals surface area contributed by atoms with Crippen LogP contribution in [0.3, 0.4) is 0 Å². The zero-order valence-electron chi connectivity index (χ0n) is 15.0. The monoisotopic (exact) mass is 374 g/mol. The molecule has 1 N–H and O–H groups in total. The van der Waals surface area contributed by atoms with Crippen molar-refractivity contribution in [3.8, 4) is 17.3 Å². The number of benzene rings is 2. The molecular formula is C22H18N2O2S. The summed E-state index contributed by atoms with van der Waals surface area (Å²) in [5, 5.41) is 18.8. The largest absolute Gasteiger partial charge is 0.480 e. The summed E-state index contributed by atoms with van der Waals surface area (Å²) in [4.78, 5) is 16.5. The lowest BCUT2D eigenvalue weighted by atomic mass is 10.0. The van der Waals surface area contributed by atoms with Gasteiger partial charge in [-0.15, -0.1) is 0 Å². The predicted octanol–water partition coefficient (Wildman–Crippen LogP) is 5.16. The van der Waals surface area contributed by atoms with Crippen LogP contribution in [0, 0.1) is 25.2 Å². The Bertz CT molecular complexity index is 1010. The van der Waals surface area contributed by atoms with Crippen molar-refractivity contribution in [3.63, 3.8) is 0 Å². The zero-order chi connectivity index (χ0) is 19.4. The SMILES string of the molecule is Cc1ccc(-c2nc(SC(C(=O)O)c3ccccc3)c(C#N)cc2C)cc1. The van der Waals surface area contributed by atoms with Crippen LogP contribution in [0.25, 0.3) is 11.3 Å². The fourth-order valence-electron chi connectivity index (χ4n) is 2.77. The number of aliphatic carboxylic acids is 1. The molecule has 1 unspecified atom stereocenters. The molecule has 134 valence electrons. The van der Waals surface area contributed by atoms with Gasteiger partial charge in [0.2, 0.25) is 0 Å². The maximum atomic E-state index is 11.8. The van der Waals surface area contributed by atoms with Gasteiger partial charge >= 0.3 is 5.97 Å². The third kappa shape index (κ3) is 4.18. The van der Waals surface area contributed by atoms with E-state index in [1.807, 2.05) is 44.2 Å². The molecule has 0 saturated carbocycles. The first kappa shape index (κ1) is 18.7. The molecule has 27 heavy (non-hydrogen) atoms. The van der Waals surface area contributed by atoms with Crippen LogP contribution in [-0.2, 0) is 4.79 Å². The summed E-state index contributed by atoms with van der Waals surface area (Å²) in [6, 6.07) is 20.9. The Morgan fingerprint density at radius 3 is 2.37 bits per heavy atom. The Kier molecular flexibility index (Phi) is 5.58. The van der Waals surface area contributed by atoms with E-state index >= 15 is 0 Å². The van der Waals surface area contributed by atoms with E-state index in [1.165, 1.54) is 0 Å². The topological polar surface area (TPSA) is 74.0 Å². The minimum atomic E-state index is -0.964. The molecule has 2 aromatic carbocycles. The standard InChI is InChI=1S/C22H18N2O2S/c1-14-8-10-16(11-9-14)19-15(2)12-18(13-23)21(24-19)27-20(22(25)26)17-6-4-3-5-7-17/h3-12,20H,1-2H3,(H,25,26). The maximum Gasteiger partial charge on any atom is 0.321 e. The molecule has 5 heteroatoms. The molecule has 0 aliphatic heterocycles. The molecule has 0 radical (unpaired) electrons. The zero-order valence-corrected chi connectivity index (χ0v) is 15.8. The number of nitriles is 1. The molecule has 0 spiro atoms. The van der Waals surface area contributed by atoms with Crippen molar-refractivity contribution in [3.05, 3.63) is 82.9 Å². The average Bonchev–Trinajstić information content (AvgIpc) is 2.68. The van der Waals surface area contributed by atoms with Gasteiger partial charge in [0.05, 0.1) is 11.3 Å². The number of aryl methyl sites for hydroxylation is 2. The summed E-state index contributed by atoms with van der Waals surface area (Å²) in [7, 11) is 0. The van der Waals surface area contributed by atoms with Crippen LogP contribution in [-0.4, -0.2) is 16.1 Å². The normalized spacial score (nSPS) is 11.6. The Balaban J connectivity index is 2.06. The van der Waals surface area contributed by atoms with Crippen LogP contribution in [0.15, 0.2) is 65.7 Å². The molecule has 0 aliphatic rings. The highest BCUT2D eigenvalue weighted by atomic mass is 32.2. The highest BCUT2D eigenvalue weighted by Crippen LogP contribution is 2.38. The van der Waals surface area contributed by atoms with Crippen molar-refractivity contribution in [2.75, 3.05) is 0 Å². The van der Waals surface area contributed by atoms with Crippen molar-refractivity contribution in [2.45, 2.75) is 24.1 Å². The number of nitrogens with zero attached hydrogens (tertiary/aromatic N) is 2. The van der Waals surface area contributed by atoms with E-state index in [0.717, 1.165) is 34.1 Å². The highest BCUT2D eigenvalue weighted by molar-refractivity contribution is 8.00. The quantitative estimate of drug-likeness (QED) is 0.625. The number of rotatable bonds is 5. The second-order valence-electron chi connectivity index (χ2n) is 6.23. The van der Waals surface area contributed by atoms with Gasteiger partial charge in [-0.2, -0.15) is 5.26 Å². The van der Waals surface area contributed by atoms with Crippen LogP contribution in [0.4, 0.5) is 0 Å². The van der Waals surface area contributed by atoms with Gasteiger partial charge in [-0.05, 0) is 31.0 Å². The van der Waals surface area contributed by atoms with E-state index in [0.29, 0.717) is 16.2 Å². The van der Waals surface area contributed by atoms with Gasteiger partial charge in [0.1, 0.15) is 16.3 Å². The number of carboxylic acid groups (broad SMARTS) is 1. The number of carboxylic acids is 1. The first-order valence-electron chi connectivity index (χ1n) is 8.43. The Hall–Kier alpha value is -3.10. The summed E-state index contributed by atoms with van der Waals surface area (Å²) < 4.78 is 0. The number of carbonyl (C=O) groups is 1. The molecule has 4 nitrogen and oxygen atoms in total. The summed E-state index contributed by atoms with van der Waals surface area (Å²) >= 11 is 1.09. The van der Waals surface area contributed by atoms with Crippen molar-refractivity contribution in [2.24, 2.45) is 0 Å². The highest BCUT2D eigenvalue weighted by Gasteiger charge is 2.24. The lowest BCUT2D eigenvalue weighted by Crippen LogP contribution is -2.09. The maximum absolute atomic E-state index is 11.8. The minimum absolute atomic E-state index is 0.385. The molecule has 3 aromatic rings. The van der Waals surface area contributed by atoms with Crippen molar-refractivity contribution in [1.29, 1.82) is 5.26 Å². The molecule has 1 atom stereocenters. The molecule has 0 bridgehead atoms. The third-order valence-corrected chi connectivity index (χ3v) is 5.42. The van der Waals surface area contributed by atoms with Crippen LogP contribution >= 0.6 is 11.8 Å². The van der Waals surface area contributed by atoms with E-state index in [4.69, 9.17) is 0 Å². The molecule has 3 rings (SSSR count). The average molecular weight is 374 g/mol. The lowest BCUT2D eigenvalue weighted by molar-refractivity contribution is -0.136. The fourth-order valence-corrected chi connectivity index (χ4v) is 3.76. The second kappa shape index (κ2) is 8.07. The van der Waals surface area contributed by atoms with E-state index in [-0.39, 0.29) is 0 Å². The van der Waals surface area contributed by atoms with Crippen molar-refractivity contribution < 1.29 is 9.90 Å². The van der Waals surface area contributed by atoms with Gasteiger partial charge in [-0.3, -0.25) is 4.79 Å². The van der Waals surface area contributed by atoms with E-state index < -0.39 is 11.2 Å². The van der Waals surface area contributed by atoms with Gasteiger partial charge in [0.15, 0.2) is 0 Å². The Labute approximate surface area is 162 Å². The molecular weight excluding hydrogens is 356 g/mol. The van der Waals surface area contributed by atoms with Crippen LogP contribution in [0.2, 0.25) is 0 Å². The third-order valence-electron chi connectivity index (χ3n) is 4.18. The second-order valence-corrected chi connectivity index (χ2v) is 7.33. The molecule has 0 fully saturated rings. The molecule has 1 heterocycles. The van der Waals surface area contributed by atoms with E-state index in [1.54, 1.807) is 30.3 Å². The van der Waals surface area contributed by atoms with Crippen molar-refractivity contribution in [1.82, 2.24) is 4.98 Å². The Morgan fingerprint density at radius 1 is 1.11 bits per heavy atom. The smallest absolute Gasteiger partial charge is 0.321 e. The van der Waals surface area contributed by atoms with Crippen LogP contribution < -0.4 is 0 Å². The lowest BCUT2D eigenvalue weighted by Gasteiger charge is -2.15. The molecule has 0 aliphatic carbocycles. The van der Waals surface area contributed by atoms with E-state index in [9.17, 15) is 15.2 Å². The number of hydrogen-bond donors (Lipinski definition) is 1. The predicted molar refractivity (Wildman–Crippen MR) is 107 cm³/mol. The number of pyridine rings is 1. The summed E-state index contributed by atoms with van der Waals surface area (Å²) in [6.45, 7) is 3.92. The van der Waals surface area contributed by atoms with Gasteiger partial charge in [0, 0.05) is 5.56 Å². The summed E-state index contributed by atoms with van der Waals surface area (Å²) in [5.74, 6) is -0.964. The van der Waals surface area contributed by atoms with Gasteiger partial charge in [-0.25, -0.2) is 4.98 Å². The molecule has 1 aromatic heterocycles. The summed E-state index contributed by atoms with van der Waals surface area (Å²) in [5.41, 5.74) is 4.78. The van der Waals surface area contributed by atoms with Crippen LogP contribution in [0.1, 0.15) is 27.5 Å². The first-order valence-corrected chi connectivity index (χ1v) is 9.30. The van der Waals surface area contributed by atoms with Crippen LogP contribution in [0.5, 0.6) is 0 Å². The summed E-state index contributed by atoms with van der Waals surface area (Å²) in [6.07, 6.45) is 0. The number of hydrogen-bond acceptors (Lipinski definition) is 4. The molecule has 0 saturated heterocycles. The molecule has 0 amide bonds. The van der Waals surface area contributed by atoms with E-state index in [2.05, 4.69) is 11.1 Å². The van der Waals surface area contributed by atoms with Crippen molar-refractivity contribution >= 4 is 17.7 Å².